The summed E-state index contributed by atoms with van der Waals surface area (Å²) in [5.41, 5.74) is 0.234. The number of carbonyl (C=O) groups is 1. The van der Waals surface area contributed by atoms with Gasteiger partial charge in [0.25, 0.3) is 10.0 Å². The molecule has 0 aliphatic rings. The van der Waals surface area contributed by atoms with Crippen LogP contribution in [0.1, 0.15) is 10.4 Å². The molecule has 0 fully saturated rings. The first-order valence-electron chi connectivity index (χ1n) is 6.69. The Morgan fingerprint density at radius 1 is 1.08 bits per heavy atom. The molecule has 0 spiro atoms. The highest BCUT2D eigenvalue weighted by Crippen LogP contribution is 2.29. The molecule has 0 atom stereocenters. The summed E-state index contributed by atoms with van der Waals surface area (Å²) in [6.45, 7) is 0. The van der Waals surface area contributed by atoms with E-state index in [1.165, 1.54) is 51.9 Å². The van der Waals surface area contributed by atoms with Crippen molar-refractivity contribution < 1.29 is 27.4 Å². The lowest BCUT2D eigenvalue weighted by atomic mass is 10.3. The predicted molar refractivity (Wildman–Crippen MR) is 85.9 cm³/mol. The van der Waals surface area contributed by atoms with Gasteiger partial charge in [-0.1, -0.05) is 0 Å². The largest absolute Gasteiger partial charge is 0.497 e. The number of esters is 1. The maximum Gasteiger partial charge on any atom is 0.339 e. The summed E-state index contributed by atoms with van der Waals surface area (Å²) in [6.07, 6.45) is 2.55. The van der Waals surface area contributed by atoms with Gasteiger partial charge in [0.2, 0.25) is 0 Å². The number of ether oxygens (including phenoxy) is 3. The van der Waals surface area contributed by atoms with E-state index >= 15 is 0 Å². The second-order valence-corrected chi connectivity index (χ2v) is 6.23. The van der Waals surface area contributed by atoms with Crippen LogP contribution < -0.4 is 14.2 Å². The number of nitrogens with one attached hydrogen (secondary N) is 1. The number of pyridine rings is 1. The van der Waals surface area contributed by atoms with Crippen molar-refractivity contribution in [3.8, 4) is 11.5 Å². The Hall–Kier alpha value is -2.81. The fraction of sp³-hybridized carbons (Fsp3) is 0.200. The molecule has 0 bridgehead atoms. The molecule has 0 radical (unpaired) electrons. The van der Waals surface area contributed by atoms with Crippen LogP contribution in [0.5, 0.6) is 11.5 Å². The van der Waals surface area contributed by atoms with Gasteiger partial charge >= 0.3 is 5.97 Å². The zero-order chi connectivity index (χ0) is 17.7. The van der Waals surface area contributed by atoms with Crippen LogP contribution in [-0.2, 0) is 14.8 Å². The third-order valence-corrected chi connectivity index (χ3v) is 4.47. The Bertz CT molecular complexity index is 851. The molecule has 9 heteroatoms. The van der Waals surface area contributed by atoms with Crippen LogP contribution in [-0.4, -0.2) is 40.7 Å². The van der Waals surface area contributed by atoms with Gasteiger partial charge in [-0.25, -0.2) is 13.2 Å². The number of rotatable bonds is 6. The van der Waals surface area contributed by atoms with E-state index in [-0.39, 0.29) is 21.9 Å². The number of hydrogen-bond donors (Lipinski definition) is 1. The molecule has 2 aromatic rings. The molecule has 8 nitrogen and oxygen atoms in total. The Morgan fingerprint density at radius 3 is 2.46 bits per heavy atom. The lowest BCUT2D eigenvalue weighted by molar-refractivity contribution is 0.0600. The standard InChI is InChI=1S/C15H16N2O6S/c1-21-12-4-5-13(22-2)14(7-12)24(19,20)17-11-6-10(8-16-9-11)15(18)23-3/h4-9,17H,1-3H3. The first-order valence-corrected chi connectivity index (χ1v) is 8.18. The first kappa shape index (κ1) is 17.5. The number of anilines is 1. The molecule has 1 aromatic heterocycles. The molecular weight excluding hydrogens is 336 g/mol. The minimum atomic E-state index is -3.98. The minimum Gasteiger partial charge on any atom is -0.497 e. The summed E-state index contributed by atoms with van der Waals surface area (Å²) in [4.78, 5) is 15.2. The van der Waals surface area contributed by atoms with Gasteiger partial charge in [0.1, 0.15) is 16.4 Å². The van der Waals surface area contributed by atoms with E-state index in [1.54, 1.807) is 6.07 Å². The second-order valence-electron chi connectivity index (χ2n) is 4.58. The fourth-order valence-electron chi connectivity index (χ4n) is 1.93. The number of hydrogen-bond acceptors (Lipinski definition) is 7. The summed E-state index contributed by atoms with van der Waals surface area (Å²) in [5.74, 6) is -0.111. The quantitative estimate of drug-likeness (QED) is 0.789. The first-order chi connectivity index (χ1) is 11.4. The van der Waals surface area contributed by atoms with Crippen LogP contribution in [0.15, 0.2) is 41.6 Å². The molecule has 0 saturated carbocycles. The molecule has 0 saturated heterocycles. The highest BCUT2D eigenvalue weighted by atomic mass is 32.2. The van der Waals surface area contributed by atoms with Crippen LogP contribution in [0.4, 0.5) is 5.69 Å². The minimum absolute atomic E-state index is 0.104. The third-order valence-electron chi connectivity index (χ3n) is 3.07. The second kappa shape index (κ2) is 7.18. The van der Waals surface area contributed by atoms with Gasteiger partial charge in [0.05, 0.1) is 38.8 Å². The SMILES string of the molecule is COC(=O)c1cncc(NS(=O)(=O)c2cc(OC)ccc2OC)c1. The van der Waals surface area contributed by atoms with Crippen LogP contribution >= 0.6 is 0 Å². The van der Waals surface area contributed by atoms with Crippen LogP contribution in [0.2, 0.25) is 0 Å². The molecular formula is C15H16N2O6S. The smallest absolute Gasteiger partial charge is 0.339 e. The zero-order valence-electron chi connectivity index (χ0n) is 13.3. The summed E-state index contributed by atoms with van der Waals surface area (Å²) in [5, 5.41) is 0. The predicted octanol–water partition coefficient (Wildman–Crippen LogP) is 1.69. The average Bonchev–Trinajstić information content (AvgIpc) is 2.60. The van der Waals surface area contributed by atoms with Gasteiger partial charge in [-0.05, 0) is 18.2 Å². The summed E-state index contributed by atoms with van der Waals surface area (Å²) >= 11 is 0. The van der Waals surface area contributed by atoms with Crippen LogP contribution in [0.3, 0.4) is 0 Å². The monoisotopic (exact) mass is 352 g/mol. The normalized spacial score (nSPS) is 10.8. The number of sulfonamides is 1. The summed E-state index contributed by atoms with van der Waals surface area (Å²) in [6, 6.07) is 5.72. The summed E-state index contributed by atoms with van der Waals surface area (Å²) in [7, 11) is 0.0249. The number of nitrogens with zero attached hydrogens (tertiary/aromatic N) is 1. The van der Waals surface area contributed by atoms with E-state index in [1.807, 2.05) is 0 Å². The van der Waals surface area contributed by atoms with E-state index < -0.39 is 16.0 Å². The maximum atomic E-state index is 12.6. The molecule has 0 unspecified atom stereocenters. The van der Waals surface area contributed by atoms with Gasteiger partial charge in [0, 0.05) is 12.3 Å². The molecule has 24 heavy (non-hydrogen) atoms. The van der Waals surface area contributed by atoms with Crippen molar-refractivity contribution in [2.45, 2.75) is 4.90 Å². The van der Waals surface area contributed by atoms with Gasteiger partial charge in [-0.15, -0.1) is 0 Å². The lowest BCUT2D eigenvalue weighted by Crippen LogP contribution is -2.15. The number of carbonyl (C=O) groups excluding carboxylic acids is 1. The highest BCUT2D eigenvalue weighted by molar-refractivity contribution is 7.92. The Kier molecular flexibility index (Phi) is 5.24. The van der Waals surface area contributed by atoms with Crippen molar-refractivity contribution in [2.24, 2.45) is 0 Å². The van der Waals surface area contributed by atoms with Crippen LogP contribution in [0, 0.1) is 0 Å². The fourth-order valence-corrected chi connectivity index (χ4v) is 3.15. The summed E-state index contributed by atoms with van der Waals surface area (Å²) < 4.78 is 42.3. The van der Waals surface area contributed by atoms with Gasteiger partial charge in [-0.2, -0.15) is 0 Å². The molecule has 1 aromatic carbocycles. The van der Waals surface area contributed by atoms with Crippen molar-refractivity contribution in [3.05, 3.63) is 42.2 Å². The van der Waals surface area contributed by atoms with Gasteiger partial charge < -0.3 is 14.2 Å². The van der Waals surface area contributed by atoms with E-state index in [9.17, 15) is 13.2 Å². The van der Waals surface area contributed by atoms with E-state index in [0.717, 1.165) is 0 Å². The topological polar surface area (TPSA) is 104 Å². The average molecular weight is 352 g/mol. The number of aromatic nitrogens is 1. The van der Waals surface area contributed by atoms with Crippen molar-refractivity contribution >= 4 is 21.7 Å². The third kappa shape index (κ3) is 3.74. The number of methoxy groups -OCH3 is 3. The van der Waals surface area contributed by atoms with Crippen molar-refractivity contribution in [2.75, 3.05) is 26.1 Å². The number of benzene rings is 1. The zero-order valence-corrected chi connectivity index (χ0v) is 14.1. The molecule has 0 amide bonds. The molecule has 128 valence electrons. The van der Waals surface area contributed by atoms with E-state index in [0.29, 0.717) is 5.75 Å². The molecule has 0 aliphatic carbocycles. The van der Waals surface area contributed by atoms with Gasteiger partial charge in [0.15, 0.2) is 0 Å². The van der Waals surface area contributed by atoms with Crippen molar-refractivity contribution in [3.63, 3.8) is 0 Å². The van der Waals surface area contributed by atoms with Crippen molar-refractivity contribution in [1.82, 2.24) is 4.98 Å². The Balaban J connectivity index is 2.40. The highest BCUT2D eigenvalue weighted by Gasteiger charge is 2.21. The molecule has 2 rings (SSSR count). The van der Waals surface area contributed by atoms with E-state index in [2.05, 4.69) is 14.4 Å². The van der Waals surface area contributed by atoms with Crippen LogP contribution in [0.25, 0.3) is 0 Å². The Labute approximate surface area is 139 Å². The molecule has 1 N–H and O–H groups in total. The van der Waals surface area contributed by atoms with E-state index in [4.69, 9.17) is 9.47 Å². The molecule has 0 aliphatic heterocycles. The van der Waals surface area contributed by atoms with Crippen molar-refractivity contribution in [1.29, 1.82) is 0 Å². The maximum absolute atomic E-state index is 12.6. The molecule has 1 heterocycles. The van der Waals surface area contributed by atoms with Gasteiger partial charge in [-0.3, -0.25) is 9.71 Å². The Morgan fingerprint density at radius 2 is 1.83 bits per heavy atom. The lowest BCUT2D eigenvalue weighted by Gasteiger charge is -2.13.